The molecule has 2 N–H and O–H groups in total. The lowest BCUT2D eigenvalue weighted by molar-refractivity contribution is -0.137. The summed E-state index contributed by atoms with van der Waals surface area (Å²) in [4.78, 5) is 10.5. The third-order valence-corrected chi connectivity index (χ3v) is 4.04. The van der Waals surface area contributed by atoms with E-state index in [1.54, 1.807) is 0 Å². The highest BCUT2D eigenvalue weighted by molar-refractivity contribution is 5.66. The Hall–Kier alpha value is -0.570. The molecule has 1 aliphatic carbocycles. The monoisotopic (exact) mass is 227 g/mol. The number of carboxylic acids is 1. The molecule has 0 heterocycles. The van der Waals surface area contributed by atoms with E-state index < -0.39 is 5.97 Å². The van der Waals surface area contributed by atoms with Crippen LogP contribution in [-0.4, -0.2) is 23.2 Å². The number of carboxylic acid groups (broad SMARTS) is 1. The highest BCUT2D eigenvalue weighted by Crippen LogP contribution is 2.34. The van der Waals surface area contributed by atoms with Gasteiger partial charge in [0.25, 0.3) is 0 Å². The van der Waals surface area contributed by atoms with Crippen molar-refractivity contribution in [3.05, 3.63) is 0 Å². The van der Waals surface area contributed by atoms with E-state index in [-0.39, 0.29) is 6.42 Å². The van der Waals surface area contributed by atoms with Gasteiger partial charge in [-0.3, -0.25) is 4.79 Å². The minimum absolute atomic E-state index is 0.270. The van der Waals surface area contributed by atoms with Crippen LogP contribution in [0.15, 0.2) is 0 Å². The molecular formula is C13H25NO2. The topological polar surface area (TPSA) is 49.3 Å². The molecule has 0 aromatic rings. The van der Waals surface area contributed by atoms with Crippen LogP contribution < -0.4 is 5.32 Å². The molecule has 0 spiro atoms. The first-order valence-electron chi connectivity index (χ1n) is 6.52. The number of hydrogen-bond acceptors (Lipinski definition) is 2. The Kier molecular flexibility index (Phi) is 5.26. The molecule has 4 unspecified atom stereocenters. The van der Waals surface area contributed by atoms with E-state index >= 15 is 0 Å². The van der Waals surface area contributed by atoms with Gasteiger partial charge in [0, 0.05) is 18.5 Å². The van der Waals surface area contributed by atoms with Crippen LogP contribution in [0.5, 0.6) is 0 Å². The van der Waals surface area contributed by atoms with Crippen molar-refractivity contribution in [2.75, 3.05) is 0 Å². The number of nitrogens with one attached hydrogen (secondary N) is 1. The van der Waals surface area contributed by atoms with E-state index in [9.17, 15) is 4.79 Å². The van der Waals surface area contributed by atoms with E-state index in [0.717, 1.165) is 18.3 Å². The molecule has 0 amide bonds. The second-order valence-electron chi connectivity index (χ2n) is 5.21. The fourth-order valence-electron chi connectivity index (χ4n) is 2.85. The maximum atomic E-state index is 10.5. The Morgan fingerprint density at radius 3 is 2.69 bits per heavy atom. The van der Waals surface area contributed by atoms with E-state index in [1.165, 1.54) is 19.3 Å². The summed E-state index contributed by atoms with van der Waals surface area (Å²) in [5, 5.41) is 12.2. The lowest BCUT2D eigenvalue weighted by Gasteiger charge is -2.24. The van der Waals surface area contributed by atoms with Crippen LogP contribution in [0.3, 0.4) is 0 Å². The largest absolute Gasteiger partial charge is 0.481 e. The molecule has 3 heteroatoms. The first-order chi connectivity index (χ1) is 7.54. The first-order valence-corrected chi connectivity index (χ1v) is 6.52. The van der Waals surface area contributed by atoms with Gasteiger partial charge in [-0.2, -0.15) is 0 Å². The van der Waals surface area contributed by atoms with E-state index in [1.807, 2.05) is 0 Å². The molecular weight excluding hydrogens is 202 g/mol. The van der Waals surface area contributed by atoms with Crippen molar-refractivity contribution in [3.8, 4) is 0 Å². The summed E-state index contributed by atoms with van der Waals surface area (Å²) >= 11 is 0. The van der Waals surface area contributed by atoms with Crippen LogP contribution in [0.25, 0.3) is 0 Å². The van der Waals surface area contributed by atoms with Gasteiger partial charge in [0.1, 0.15) is 0 Å². The van der Waals surface area contributed by atoms with Crippen LogP contribution in [0.4, 0.5) is 0 Å². The molecule has 1 saturated carbocycles. The second-order valence-corrected chi connectivity index (χ2v) is 5.21. The third kappa shape index (κ3) is 3.78. The van der Waals surface area contributed by atoms with Crippen molar-refractivity contribution in [3.63, 3.8) is 0 Å². The van der Waals surface area contributed by atoms with Crippen molar-refractivity contribution < 1.29 is 9.90 Å². The fourth-order valence-corrected chi connectivity index (χ4v) is 2.85. The molecule has 0 aliphatic heterocycles. The van der Waals surface area contributed by atoms with Gasteiger partial charge in [0.05, 0.1) is 0 Å². The highest BCUT2D eigenvalue weighted by Gasteiger charge is 2.31. The van der Waals surface area contributed by atoms with Crippen molar-refractivity contribution in [2.24, 2.45) is 11.8 Å². The Morgan fingerprint density at radius 2 is 2.19 bits per heavy atom. The molecule has 1 rings (SSSR count). The van der Waals surface area contributed by atoms with Crippen molar-refractivity contribution in [1.82, 2.24) is 5.32 Å². The number of hydrogen-bond donors (Lipinski definition) is 2. The normalized spacial score (nSPS) is 31.6. The predicted octanol–water partition coefficient (Wildman–Crippen LogP) is 2.65. The predicted molar refractivity (Wildman–Crippen MR) is 65.4 cm³/mol. The average Bonchev–Trinajstić information content (AvgIpc) is 2.57. The zero-order valence-corrected chi connectivity index (χ0v) is 10.7. The van der Waals surface area contributed by atoms with E-state index in [2.05, 4.69) is 26.1 Å². The summed E-state index contributed by atoms with van der Waals surface area (Å²) in [5.74, 6) is 0.890. The molecule has 94 valence electrons. The van der Waals surface area contributed by atoms with Crippen molar-refractivity contribution in [2.45, 2.75) is 65.0 Å². The molecule has 3 nitrogen and oxygen atoms in total. The third-order valence-electron chi connectivity index (χ3n) is 4.04. The summed E-state index contributed by atoms with van der Waals surface area (Å²) < 4.78 is 0. The molecule has 0 radical (unpaired) electrons. The van der Waals surface area contributed by atoms with Crippen LogP contribution in [-0.2, 0) is 4.79 Å². The van der Waals surface area contributed by atoms with Gasteiger partial charge in [-0.1, -0.05) is 20.3 Å². The van der Waals surface area contributed by atoms with Crippen LogP contribution >= 0.6 is 0 Å². The van der Waals surface area contributed by atoms with Gasteiger partial charge in [-0.05, 0) is 38.0 Å². The highest BCUT2D eigenvalue weighted by atomic mass is 16.4. The van der Waals surface area contributed by atoms with Gasteiger partial charge in [0.15, 0.2) is 0 Å². The molecule has 0 aromatic carbocycles. The molecule has 0 bridgehead atoms. The molecule has 16 heavy (non-hydrogen) atoms. The van der Waals surface area contributed by atoms with Gasteiger partial charge in [-0.25, -0.2) is 0 Å². The van der Waals surface area contributed by atoms with Crippen molar-refractivity contribution >= 4 is 5.97 Å². The summed E-state index contributed by atoms with van der Waals surface area (Å²) in [6, 6.07) is 0.910. The Labute approximate surface area is 98.6 Å². The van der Waals surface area contributed by atoms with Gasteiger partial charge < -0.3 is 10.4 Å². The lowest BCUT2D eigenvalue weighted by atomic mass is 9.93. The Bertz CT molecular complexity index is 230. The van der Waals surface area contributed by atoms with Crippen molar-refractivity contribution in [1.29, 1.82) is 0 Å². The van der Waals surface area contributed by atoms with E-state index in [0.29, 0.717) is 12.1 Å². The van der Waals surface area contributed by atoms with Gasteiger partial charge >= 0.3 is 5.97 Å². The molecule has 1 fully saturated rings. The Morgan fingerprint density at radius 1 is 1.50 bits per heavy atom. The Balaban J connectivity index is 2.29. The first kappa shape index (κ1) is 13.5. The number of rotatable bonds is 6. The molecule has 0 aromatic heterocycles. The number of carbonyl (C=O) groups is 1. The zero-order chi connectivity index (χ0) is 12.1. The average molecular weight is 227 g/mol. The van der Waals surface area contributed by atoms with Gasteiger partial charge in [-0.15, -0.1) is 0 Å². The minimum Gasteiger partial charge on any atom is -0.481 e. The standard InChI is InChI=1S/C13H25NO2/c1-4-11-6-7-12(10(11)3)14-9(2)5-8-13(15)16/h9-12,14H,4-8H2,1-3H3,(H,15,16). The summed E-state index contributed by atoms with van der Waals surface area (Å²) in [5.41, 5.74) is 0. The van der Waals surface area contributed by atoms with Crippen LogP contribution in [0, 0.1) is 11.8 Å². The summed E-state index contributed by atoms with van der Waals surface area (Å²) in [7, 11) is 0. The number of aliphatic carboxylic acids is 1. The maximum Gasteiger partial charge on any atom is 0.303 e. The molecule has 1 aliphatic rings. The quantitative estimate of drug-likeness (QED) is 0.733. The summed E-state index contributed by atoms with van der Waals surface area (Å²) in [6.07, 6.45) is 4.84. The second kappa shape index (κ2) is 6.24. The SMILES string of the molecule is CCC1CCC(NC(C)CCC(=O)O)C1C. The fraction of sp³-hybridized carbons (Fsp3) is 0.923. The zero-order valence-electron chi connectivity index (χ0n) is 10.7. The lowest BCUT2D eigenvalue weighted by Crippen LogP contribution is -2.39. The molecule has 4 atom stereocenters. The van der Waals surface area contributed by atoms with E-state index in [4.69, 9.17) is 5.11 Å². The maximum absolute atomic E-state index is 10.5. The van der Waals surface area contributed by atoms with Crippen LogP contribution in [0.2, 0.25) is 0 Å². The smallest absolute Gasteiger partial charge is 0.303 e. The van der Waals surface area contributed by atoms with Gasteiger partial charge in [0.2, 0.25) is 0 Å². The molecule has 0 saturated heterocycles. The minimum atomic E-state index is -0.695. The summed E-state index contributed by atoms with van der Waals surface area (Å²) in [6.45, 7) is 6.68. The van der Waals surface area contributed by atoms with Crippen LogP contribution in [0.1, 0.15) is 52.9 Å².